The third kappa shape index (κ3) is 8.66. The molecule has 0 radical (unpaired) electrons. The van der Waals surface area contributed by atoms with Gasteiger partial charge in [0.2, 0.25) is 5.78 Å². The maximum Gasteiger partial charge on any atom is 0.344 e. The first kappa shape index (κ1) is 42.5. The van der Waals surface area contributed by atoms with Crippen molar-refractivity contribution in [2.45, 2.75) is 103 Å². The van der Waals surface area contributed by atoms with Gasteiger partial charge >= 0.3 is 13.6 Å². The Morgan fingerprint density at radius 3 is 1.96 bits per heavy atom. The quantitative estimate of drug-likeness (QED) is 0.0803. The zero-order valence-corrected chi connectivity index (χ0v) is 34.4. The Hall–Kier alpha value is -2.25. The van der Waals surface area contributed by atoms with Crippen molar-refractivity contribution in [2.24, 2.45) is 17.8 Å². The highest BCUT2D eigenvalue weighted by molar-refractivity contribution is 7.55. The summed E-state index contributed by atoms with van der Waals surface area (Å²) in [7, 11) is -3.92. The van der Waals surface area contributed by atoms with Crippen LogP contribution in [0.3, 0.4) is 0 Å². The smallest absolute Gasteiger partial charge is 0.344 e. The van der Waals surface area contributed by atoms with E-state index < -0.39 is 57.1 Å². The number of carbonyl (C=O) groups excluding carboxylic acids is 2. The molecule has 8 atom stereocenters. The molecule has 0 saturated heterocycles. The second-order valence-electron chi connectivity index (χ2n) is 15.0. The molecular formula is C39H59O11PSi. The first-order valence-corrected chi connectivity index (χ1v) is 21.8. The lowest BCUT2D eigenvalue weighted by Crippen LogP contribution is -2.68. The normalized spacial score (nSPS) is 27.5. The van der Waals surface area contributed by atoms with Crippen molar-refractivity contribution >= 4 is 38.0 Å². The zero-order valence-electron chi connectivity index (χ0n) is 32.5. The average molecular weight is 763 g/mol. The Bertz CT molecular complexity index is 1450. The minimum Gasteiger partial charge on any atom is -0.453 e. The van der Waals surface area contributed by atoms with E-state index in [1.54, 1.807) is 21.0 Å². The van der Waals surface area contributed by atoms with Gasteiger partial charge in [0.05, 0.1) is 18.8 Å². The molecule has 2 aromatic carbocycles. The molecule has 290 valence electrons. The minimum atomic E-state index is -3.91. The van der Waals surface area contributed by atoms with Crippen LogP contribution >= 0.6 is 7.60 Å². The van der Waals surface area contributed by atoms with Crippen LogP contribution in [0.1, 0.15) is 68.2 Å². The number of rotatable bonds is 17. The summed E-state index contributed by atoms with van der Waals surface area (Å²) in [5.41, 5.74) is -2.23. The molecule has 2 saturated carbocycles. The van der Waals surface area contributed by atoms with E-state index >= 15 is 0 Å². The van der Waals surface area contributed by atoms with Crippen molar-refractivity contribution in [2.75, 3.05) is 41.0 Å². The first-order valence-electron chi connectivity index (χ1n) is 18.3. The molecule has 4 rings (SSSR count). The van der Waals surface area contributed by atoms with E-state index in [-0.39, 0.29) is 56.2 Å². The second kappa shape index (κ2) is 17.9. The topological polar surface area (TPSA) is 125 Å². The highest BCUT2D eigenvalue weighted by Gasteiger charge is 2.62. The Balaban J connectivity index is 1.86. The maximum atomic E-state index is 14.6. The van der Waals surface area contributed by atoms with Gasteiger partial charge in [0.25, 0.3) is 8.32 Å². The Labute approximate surface area is 311 Å². The maximum absolute atomic E-state index is 14.6. The molecular weight excluding hydrogens is 703 g/mol. The van der Waals surface area contributed by atoms with Crippen molar-refractivity contribution in [3.05, 3.63) is 60.7 Å². The Morgan fingerprint density at radius 2 is 1.48 bits per heavy atom. The van der Waals surface area contributed by atoms with E-state index in [9.17, 15) is 14.2 Å². The van der Waals surface area contributed by atoms with Crippen LogP contribution in [0.4, 0.5) is 0 Å². The van der Waals surface area contributed by atoms with E-state index in [1.807, 2.05) is 43.3 Å². The Kier molecular flexibility index (Phi) is 14.6. The molecule has 2 fully saturated rings. The van der Waals surface area contributed by atoms with Gasteiger partial charge < -0.3 is 37.2 Å². The third-order valence-electron chi connectivity index (χ3n) is 10.8. The second-order valence-corrected chi connectivity index (χ2v) is 21.7. The molecule has 1 unspecified atom stereocenters. The molecule has 0 spiro atoms. The van der Waals surface area contributed by atoms with Gasteiger partial charge in [0.15, 0.2) is 11.8 Å². The standard InChI is InChI=1S/C39H59O11PSi/c1-11-47-51(42,48-12-2)28(4)37(41)49-36-34-27(3)32(23-31(34)39(8,46-26-44-10)24-33(35(36)40)45-25-43-9)50-52(38(5,6)7,29-19-15-13-16-20-29)30-21-17-14-18-22-30/h13-22,27-28,31-34,36H,11-12,23-26H2,1-10H3/t27-,28?,31-,32-,33-,34+,36-,39-/m0/s1. The summed E-state index contributed by atoms with van der Waals surface area (Å²) < 4.78 is 61.7. The summed E-state index contributed by atoms with van der Waals surface area (Å²) >= 11 is 0. The predicted octanol–water partition coefficient (Wildman–Crippen LogP) is 6.11. The molecule has 0 amide bonds. The molecule has 2 aliphatic carbocycles. The van der Waals surface area contributed by atoms with Crippen LogP contribution in [0.2, 0.25) is 5.04 Å². The van der Waals surface area contributed by atoms with Crippen LogP contribution < -0.4 is 10.4 Å². The van der Waals surface area contributed by atoms with Gasteiger partial charge in [0, 0.05) is 32.7 Å². The summed E-state index contributed by atoms with van der Waals surface area (Å²) in [6.07, 6.45) is -1.96. The number of methoxy groups -OCH3 is 2. The fourth-order valence-electron chi connectivity index (χ4n) is 8.21. The number of Topliss-reactive ketones (excluding diaryl/α,β-unsaturated/α-hetero) is 1. The van der Waals surface area contributed by atoms with Gasteiger partial charge in [-0.15, -0.1) is 0 Å². The summed E-state index contributed by atoms with van der Waals surface area (Å²) in [5.74, 6) is -2.44. The summed E-state index contributed by atoms with van der Waals surface area (Å²) in [5, 5.41) is 1.97. The summed E-state index contributed by atoms with van der Waals surface area (Å²) in [4.78, 5) is 28.6. The van der Waals surface area contributed by atoms with Crippen LogP contribution in [-0.2, 0) is 51.3 Å². The van der Waals surface area contributed by atoms with Crippen molar-refractivity contribution in [1.82, 2.24) is 0 Å². The minimum absolute atomic E-state index is 0.0209. The molecule has 0 N–H and O–H groups in total. The molecule has 0 heterocycles. The van der Waals surface area contributed by atoms with E-state index in [0.29, 0.717) is 6.42 Å². The van der Waals surface area contributed by atoms with Gasteiger partial charge in [-0.3, -0.25) is 14.2 Å². The highest BCUT2D eigenvalue weighted by Crippen LogP contribution is 2.56. The van der Waals surface area contributed by atoms with Crippen LogP contribution in [0.5, 0.6) is 0 Å². The van der Waals surface area contributed by atoms with Crippen molar-refractivity contribution in [3.8, 4) is 0 Å². The van der Waals surface area contributed by atoms with Crippen LogP contribution in [0, 0.1) is 17.8 Å². The van der Waals surface area contributed by atoms with E-state index in [2.05, 4.69) is 52.0 Å². The predicted molar refractivity (Wildman–Crippen MR) is 201 cm³/mol. The van der Waals surface area contributed by atoms with Crippen LogP contribution in [0.15, 0.2) is 60.7 Å². The average Bonchev–Trinajstić information content (AvgIpc) is 3.41. The molecule has 0 aromatic heterocycles. The summed E-state index contributed by atoms with van der Waals surface area (Å²) in [6, 6.07) is 20.8. The van der Waals surface area contributed by atoms with Gasteiger partial charge in [0.1, 0.15) is 19.7 Å². The lowest BCUT2D eigenvalue weighted by atomic mass is 9.77. The lowest BCUT2D eigenvalue weighted by molar-refractivity contribution is -0.175. The Morgan fingerprint density at radius 1 is 0.942 bits per heavy atom. The number of ether oxygens (including phenoxy) is 5. The molecule has 0 aliphatic heterocycles. The van der Waals surface area contributed by atoms with Gasteiger partial charge in [-0.2, -0.15) is 0 Å². The zero-order chi connectivity index (χ0) is 38.3. The van der Waals surface area contributed by atoms with Gasteiger partial charge in [-0.1, -0.05) is 88.4 Å². The first-order chi connectivity index (χ1) is 24.6. The van der Waals surface area contributed by atoms with Crippen LogP contribution in [0.25, 0.3) is 0 Å². The molecule has 11 nitrogen and oxygen atoms in total. The monoisotopic (exact) mass is 762 g/mol. The van der Waals surface area contributed by atoms with Crippen molar-refractivity contribution in [1.29, 1.82) is 0 Å². The van der Waals surface area contributed by atoms with Gasteiger partial charge in [-0.05, 0) is 61.4 Å². The van der Waals surface area contributed by atoms with Crippen LogP contribution in [-0.4, -0.2) is 90.7 Å². The van der Waals surface area contributed by atoms with Crippen molar-refractivity contribution in [3.63, 3.8) is 0 Å². The lowest BCUT2D eigenvalue weighted by Gasteiger charge is -2.45. The molecule has 13 heteroatoms. The number of carbonyl (C=O) groups is 2. The summed E-state index contributed by atoms with van der Waals surface area (Å²) in [6.45, 7) is 15.5. The third-order valence-corrected chi connectivity index (χ3v) is 18.2. The molecule has 2 aliphatic rings. The number of esters is 1. The fraction of sp³-hybridized carbons (Fsp3) is 0.641. The number of hydrogen-bond donors (Lipinski definition) is 0. The van der Waals surface area contributed by atoms with E-state index in [1.165, 1.54) is 14.0 Å². The van der Waals surface area contributed by atoms with E-state index in [4.69, 9.17) is 37.2 Å². The number of benzene rings is 2. The highest BCUT2D eigenvalue weighted by atomic mass is 31.2. The molecule has 2 aromatic rings. The van der Waals surface area contributed by atoms with E-state index in [0.717, 1.165) is 10.4 Å². The molecule has 0 bridgehead atoms. The molecule has 52 heavy (non-hydrogen) atoms. The number of fused-ring (bicyclic) bond motifs is 1. The SMILES string of the molecule is CCOP(=O)(OCC)C(C)C(=O)O[C@@H]1C(=O)[C@@H](OCOC)C[C@](C)(OCOC)[C@H]2C[C@H](O[Si](c3ccccc3)(c3ccccc3)C(C)(C)C)[C@H](C)[C@@H]12. The number of ketones is 1. The van der Waals surface area contributed by atoms with Gasteiger partial charge in [-0.25, -0.2) is 0 Å². The largest absolute Gasteiger partial charge is 0.453 e. The van der Waals surface area contributed by atoms with Crippen molar-refractivity contribution < 1.29 is 51.3 Å². The fourth-order valence-corrected chi connectivity index (χ4v) is 14.5. The number of hydrogen-bond acceptors (Lipinski definition) is 11.